The van der Waals surface area contributed by atoms with Gasteiger partial charge < -0.3 is 10.0 Å². The number of pyridine rings is 1. The standard InChI is InChI=1S/C30H28F3N5O2/c1-19-5-12-23(20-6-8-21(9-7-20)36-13-15-37(16-14-36)22-10-11-22)24(17-19)26-3-2-4-27(35-26)38-28(30(31,32)33)25(18-34-38)29(39)40/h2-9,12,17-18,22H,10-11,13-16H2,1H3,(H,39,40). The maximum atomic E-state index is 13.8. The van der Waals surface area contributed by atoms with E-state index >= 15 is 0 Å². The summed E-state index contributed by atoms with van der Waals surface area (Å²) in [7, 11) is 0. The Morgan fingerprint density at radius 2 is 1.68 bits per heavy atom. The summed E-state index contributed by atoms with van der Waals surface area (Å²) in [6, 6.07) is 19.8. The number of benzene rings is 2. The highest BCUT2D eigenvalue weighted by atomic mass is 19.4. The summed E-state index contributed by atoms with van der Waals surface area (Å²) in [5.74, 6) is -1.82. The smallest absolute Gasteiger partial charge is 0.434 e. The van der Waals surface area contributed by atoms with Crippen molar-refractivity contribution in [3.05, 3.63) is 83.7 Å². The molecule has 2 aromatic carbocycles. The number of hydrogen-bond acceptors (Lipinski definition) is 5. The summed E-state index contributed by atoms with van der Waals surface area (Å²) < 4.78 is 42.0. The number of hydrogen-bond donors (Lipinski definition) is 1. The lowest BCUT2D eigenvalue weighted by Crippen LogP contribution is -2.47. The summed E-state index contributed by atoms with van der Waals surface area (Å²) in [5.41, 5.74) is 2.91. The van der Waals surface area contributed by atoms with Gasteiger partial charge in [-0.25, -0.2) is 14.5 Å². The second kappa shape index (κ2) is 10.1. The molecule has 3 heterocycles. The molecule has 2 fully saturated rings. The van der Waals surface area contributed by atoms with Crippen LogP contribution in [0, 0.1) is 6.92 Å². The molecule has 10 heteroatoms. The van der Waals surface area contributed by atoms with Gasteiger partial charge in [-0.15, -0.1) is 0 Å². The zero-order chi connectivity index (χ0) is 28.0. The van der Waals surface area contributed by atoms with Crippen molar-refractivity contribution in [1.82, 2.24) is 19.7 Å². The van der Waals surface area contributed by atoms with E-state index in [2.05, 4.69) is 44.1 Å². The van der Waals surface area contributed by atoms with Gasteiger partial charge in [-0.05, 0) is 61.2 Å². The van der Waals surface area contributed by atoms with Crippen molar-refractivity contribution < 1.29 is 23.1 Å². The molecule has 40 heavy (non-hydrogen) atoms. The average molecular weight is 548 g/mol. The van der Waals surface area contributed by atoms with E-state index in [0.717, 1.165) is 54.5 Å². The largest absolute Gasteiger partial charge is 0.478 e. The first-order valence-electron chi connectivity index (χ1n) is 13.3. The number of aromatic carboxylic acids is 1. The van der Waals surface area contributed by atoms with Crippen LogP contribution in [0.4, 0.5) is 18.9 Å². The average Bonchev–Trinajstić information content (AvgIpc) is 3.69. The quantitative estimate of drug-likeness (QED) is 0.324. The number of aromatic nitrogens is 3. The van der Waals surface area contributed by atoms with Crippen LogP contribution < -0.4 is 4.90 Å². The van der Waals surface area contributed by atoms with Gasteiger partial charge in [0.1, 0.15) is 5.56 Å². The van der Waals surface area contributed by atoms with E-state index in [1.54, 1.807) is 12.1 Å². The number of carboxylic acids is 1. The number of aryl methyl sites for hydroxylation is 1. The van der Waals surface area contributed by atoms with Crippen molar-refractivity contribution in [2.45, 2.75) is 32.0 Å². The molecule has 2 aliphatic rings. The summed E-state index contributed by atoms with van der Waals surface area (Å²) >= 11 is 0. The molecule has 4 aromatic rings. The first-order valence-corrected chi connectivity index (χ1v) is 13.3. The number of rotatable bonds is 6. The zero-order valence-electron chi connectivity index (χ0n) is 21.9. The molecule has 0 spiro atoms. The first kappa shape index (κ1) is 26.1. The molecule has 0 unspecified atom stereocenters. The molecule has 1 aliphatic heterocycles. The molecule has 2 aromatic heterocycles. The number of halogens is 3. The van der Waals surface area contributed by atoms with Crippen molar-refractivity contribution in [2.75, 3.05) is 31.1 Å². The Bertz CT molecular complexity index is 1550. The lowest BCUT2D eigenvalue weighted by molar-refractivity contribution is -0.143. The van der Waals surface area contributed by atoms with E-state index < -0.39 is 23.4 Å². The lowest BCUT2D eigenvalue weighted by atomic mass is 9.95. The van der Waals surface area contributed by atoms with Crippen LogP contribution in [0.25, 0.3) is 28.2 Å². The fourth-order valence-electron chi connectivity index (χ4n) is 5.40. The predicted molar refractivity (Wildman–Crippen MR) is 146 cm³/mol. The molecule has 1 N–H and O–H groups in total. The minimum absolute atomic E-state index is 0.120. The minimum Gasteiger partial charge on any atom is -0.478 e. The third kappa shape index (κ3) is 5.06. The molecule has 0 amide bonds. The summed E-state index contributed by atoms with van der Waals surface area (Å²) in [4.78, 5) is 20.9. The van der Waals surface area contributed by atoms with Gasteiger partial charge in [-0.1, -0.05) is 35.9 Å². The van der Waals surface area contributed by atoms with Crippen molar-refractivity contribution >= 4 is 11.7 Å². The Morgan fingerprint density at radius 1 is 0.950 bits per heavy atom. The van der Waals surface area contributed by atoms with Crippen LogP contribution in [0.15, 0.2) is 66.9 Å². The fraction of sp³-hybridized carbons (Fsp3) is 0.300. The maximum Gasteiger partial charge on any atom is 0.434 e. The predicted octanol–water partition coefficient (Wildman–Crippen LogP) is 5.91. The van der Waals surface area contributed by atoms with Gasteiger partial charge in [0.2, 0.25) is 0 Å². The second-order valence-electron chi connectivity index (χ2n) is 10.4. The van der Waals surface area contributed by atoms with Crippen molar-refractivity contribution in [2.24, 2.45) is 0 Å². The van der Waals surface area contributed by atoms with Gasteiger partial charge in [0.25, 0.3) is 0 Å². The Morgan fingerprint density at radius 3 is 2.33 bits per heavy atom. The first-order chi connectivity index (χ1) is 19.2. The summed E-state index contributed by atoms with van der Waals surface area (Å²) in [6.45, 7) is 6.10. The molecule has 1 saturated heterocycles. The number of anilines is 1. The van der Waals surface area contributed by atoms with Gasteiger partial charge in [-0.2, -0.15) is 18.3 Å². The van der Waals surface area contributed by atoms with Crippen LogP contribution in [0.5, 0.6) is 0 Å². The fourth-order valence-corrected chi connectivity index (χ4v) is 5.40. The third-order valence-electron chi connectivity index (χ3n) is 7.59. The van der Waals surface area contributed by atoms with Crippen molar-refractivity contribution in [3.8, 4) is 28.2 Å². The molecule has 206 valence electrons. The highest BCUT2D eigenvalue weighted by molar-refractivity contribution is 5.89. The molecule has 0 bridgehead atoms. The maximum absolute atomic E-state index is 13.8. The highest BCUT2D eigenvalue weighted by Crippen LogP contribution is 2.36. The zero-order valence-corrected chi connectivity index (χ0v) is 21.9. The monoisotopic (exact) mass is 547 g/mol. The van der Waals surface area contributed by atoms with Gasteiger partial charge >= 0.3 is 12.1 Å². The number of alkyl halides is 3. The lowest BCUT2D eigenvalue weighted by Gasteiger charge is -2.36. The van der Waals surface area contributed by atoms with Crippen LogP contribution in [0.3, 0.4) is 0 Å². The van der Waals surface area contributed by atoms with E-state index in [-0.39, 0.29) is 5.82 Å². The Hall–Kier alpha value is -4.18. The van der Waals surface area contributed by atoms with Gasteiger partial charge in [0.15, 0.2) is 11.5 Å². The van der Waals surface area contributed by atoms with Crippen LogP contribution in [0.1, 0.15) is 34.5 Å². The number of nitrogens with zero attached hydrogens (tertiary/aromatic N) is 5. The SMILES string of the molecule is Cc1ccc(-c2ccc(N3CCN(C4CC4)CC3)cc2)c(-c2cccc(-n3ncc(C(=O)O)c3C(F)(F)F)n2)c1. The van der Waals surface area contributed by atoms with E-state index in [0.29, 0.717) is 16.6 Å². The molecule has 6 rings (SSSR count). The number of carboxylic acid groups (broad SMARTS) is 1. The number of carbonyl (C=O) groups is 1. The summed E-state index contributed by atoms with van der Waals surface area (Å²) in [5, 5.41) is 13.0. The van der Waals surface area contributed by atoms with Crippen LogP contribution in [0.2, 0.25) is 0 Å². The Labute approximate surface area is 229 Å². The molecule has 1 aliphatic carbocycles. The van der Waals surface area contributed by atoms with Gasteiger partial charge in [0.05, 0.1) is 11.9 Å². The highest BCUT2D eigenvalue weighted by Gasteiger charge is 2.41. The van der Waals surface area contributed by atoms with Gasteiger partial charge in [-0.3, -0.25) is 4.90 Å². The van der Waals surface area contributed by atoms with E-state index in [4.69, 9.17) is 0 Å². The molecule has 1 saturated carbocycles. The normalized spacial score (nSPS) is 16.4. The topological polar surface area (TPSA) is 74.5 Å². The minimum atomic E-state index is -4.93. The van der Waals surface area contributed by atoms with Crippen molar-refractivity contribution in [1.29, 1.82) is 0 Å². The van der Waals surface area contributed by atoms with E-state index in [9.17, 15) is 23.1 Å². The molecule has 0 radical (unpaired) electrons. The van der Waals surface area contributed by atoms with Crippen molar-refractivity contribution in [3.63, 3.8) is 0 Å². The molecular formula is C30H28F3N5O2. The van der Waals surface area contributed by atoms with Crippen LogP contribution in [-0.2, 0) is 6.18 Å². The Balaban J connectivity index is 1.32. The van der Waals surface area contributed by atoms with Crippen LogP contribution >= 0.6 is 0 Å². The third-order valence-corrected chi connectivity index (χ3v) is 7.59. The van der Waals surface area contributed by atoms with Crippen LogP contribution in [-0.4, -0.2) is 63.0 Å². The second-order valence-corrected chi connectivity index (χ2v) is 10.4. The molecule has 0 atom stereocenters. The molecular weight excluding hydrogens is 519 g/mol. The summed E-state index contributed by atoms with van der Waals surface area (Å²) in [6.07, 6.45) is -1.59. The van der Waals surface area contributed by atoms with E-state index in [1.165, 1.54) is 24.6 Å². The van der Waals surface area contributed by atoms with Gasteiger partial charge in [0, 0.05) is 43.5 Å². The molecule has 7 nitrogen and oxygen atoms in total. The Kier molecular flexibility index (Phi) is 6.58. The van der Waals surface area contributed by atoms with E-state index in [1.807, 2.05) is 25.1 Å². The number of piperazine rings is 1.